The van der Waals surface area contributed by atoms with Crippen LogP contribution in [0.3, 0.4) is 0 Å². The fourth-order valence-electron chi connectivity index (χ4n) is 0.620. The van der Waals surface area contributed by atoms with E-state index in [2.05, 4.69) is 10.5 Å². The number of amides is 1. The normalized spacial score (nSPS) is 12.6. The van der Waals surface area contributed by atoms with E-state index in [0.29, 0.717) is 0 Å². The van der Waals surface area contributed by atoms with Crippen molar-refractivity contribution in [3.05, 3.63) is 0 Å². The molecule has 0 aromatic rings. The molecule has 0 aliphatic heterocycles. The van der Waals surface area contributed by atoms with Crippen LogP contribution >= 0.6 is 11.8 Å². The quantitative estimate of drug-likeness (QED) is 0.216. The Morgan fingerprint density at radius 1 is 1.53 bits per heavy atom. The largest absolute Gasteiger partial charge is 0.441 e. The van der Waals surface area contributed by atoms with Gasteiger partial charge in [0, 0.05) is 12.3 Å². The van der Waals surface area contributed by atoms with Crippen molar-refractivity contribution >= 4 is 23.5 Å². The molecule has 0 aromatic carbocycles. The molecule has 0 saturated heterocycles. The first-order valence-corrected chi connectivity index (χ1v) is 4.77. The topological polar surface area (TPSA) is 87.7 Å². The van der Waals surface area contributed by atoms with Crippen LogP contribution in [0.1, 0.15) is 6.42 Å². The number of hydrogen-bond acceptors (Lipinski definition) is 4. The number of rotatable bonds is 5. The van der Waals surface area contributed by atoms with Crippen molar-refractivity contribution in [3.63, 3.8) is 0 Å². The van der Waals surface area contributed by atoms with Crippen molar-refractivity contribution in [3.8, 4) is 0 Å². The molecular formula is C6H10F3N3O2S. The number of carbonyl (C=O) groups excluding carboxylic acids is 1. The van der Waals surface area contributed by atoms with Crippen molar-refractivity contribution in [1.29, 1.82) is 0 Å². The number of amidine groups is 1. The minimum Gasteiger partial charge on any atom is -0.409 e. The minimum atomic E-state index is -4.30. The Hall–Kier alpha value is -1.12. The maximum absolute atomic E-state index is 11.6. The van der Waals surface area contributed by atoms with Gasteiger partial charge in [0.25, 0.3) is 0 Å². The summed E-state index contributed by atoms with van der Waals surface area (Å²) in [5, 5.41) is 12.8. The van der Waals surface area contributed by atoms with Crippen LogP contribution < -0.4 is 11.1 Å². The Morgan fingerprint density at radius 3 is 2.60 bits per heavy atom. The van der Waals surface area contributed by atoms with E-state index in [1.807, 2.05) is 0 Å². The molecule has 0 bridgehead atoms. The van der Waals surface area contributed by atoms with Crippen LogP contribution in [0.4, 0.5) is 13.2 Å². The molecule has 4 N–H and O–H groups in total. The molecule has 0 rings (SSSR count). The number of carbonyl (C=O) groups is 1. The first-order chi connectivity index (χ1) is 6.85. The smallest absolute Gasteiger partial charge is 0.409 e. The fraction of sp³-hybridized carbons (Fsp3) is 0.667. The Balaban J connectivity index is 3.57. The number of nitrogens with two attached hydrogens (primary N) is 1. The molecule has 88 valence electrons. The second-order valence-electron chi connectivity index (χ2n) is 2.41. The first kappa shape index (κ1) is 13.9. The van der Waals surface area contributed by atoms with Crippen LogP contribution in [-0.4, -0.2) is 34.8 Å². The SMILES string of the molecule is NC(CC(=O)NCCSC(F)(F)F)=NO. The van der Waals surface area contributed by atoms with Gasteiger partial charge >= 0.3 is 5.51 Å². The van der Waals surface area contributed by atoms with Crippen LogP contribution in [0.5, 0.6) is 0 Å². The van der Waals surface area contributed by atoms with E-state index in [1.54, 1.807) is 0 Å². The summed E-state index contributed by atoms with van der Waals surface area (Å²) >= 11 is -0.225. The van der Waals surface area contributed by atoms with Gasteiger partial charge in [-0.15, -0.1) is 0 Å². The molecule has 0 radical (unpaired) electrons. The van der Waals surface area contributed by atoms with E-state index in [1.165, 1.54) is 0 Å². The summed E-state index contributed by atoms with van der Waals surface area (Å²) < 4.78 is 34.9. The van der Waals surface area contributed by atoms with E-state index in [-0.39, 0.29) is 36.3 Å². The predicted molar refractivity (Wildman–Crippen MR) is 49.5 cm³/mol. The van der Waals surface area contributed by atoms with Crippen molar-refractivity contribution in [2.45, 2.75) is 11.9 Å². The summed E-state index contributed by atoms with van der Waals surface area (Å²) in [5.41, 5.74) is 0.706. The summed E-state index contributed by atoms with van der Waals surface area (Å²) in [6, 6.07) is 0. The molecule has 0 heterocycles. The molecule has 5 nitrogen and oxygen atoms in total. The van der Waals surface area contributed by atoms with Gasteiger partial charge in [0.05, 0.1) is 6.42 Å². The zero-order chi connectivity index (χ0) is 11.9. The maximum atomic E-state index is 11.6. The van der Waals surface area contributed by atoms with Gasteiger partial charge in [-0.25, -0.2) is 0 Å². The summed E-state index contributed by atoms with van der Waals surface area (Å²) in [6.45, 7) is -0.123. The highest BCUT2D eigenvalue weighted by molar-refractivity contribution is 8.00. The van der Waals surface area contributed by atoms with Gasteiger partial charge in [-0.2, -0.15) is 13.2 Å². The van der Waals surface area contributed by atoms with E-state index >= 15 is 0 Å². The van der Waals surface area contributed by atoms with Gasteiger partial charge < -0.3 is 16.3 Å². The van der Waals surface area contributed by atoms with Gasteiger partial charge in [0.1, 0.15) is 5.84 Å². The number of hydrogen-bond donors (Lipinski definition) is 3. The molecule has 0 aromatic heterocycles. The molecule has 0 spiro atoms. The van der Waals surface area contributed by atoms with Crippen LogP contribution in [-0.2, 0) is 4.79 Å². The van der Waals surface area contributed by atoms with E-state index in [0.717, 1.165) is 0 Å². The summed E-state index contributed by atoms with van der Waals surface area (Å²) in [4.78, 5) is 10.9. The van der Waals surface area contributed by atoms with Crippen molar-refractivity contribution in [2.75, 3.05) is 12.3 Å². The second kappa shape index (κ2) is 6.38. The van der Waals surface area contributed by atoms with Gasteiger partial charge in [0.2, 0.25) is 5.91 Å². The maximum Gasteiger partial charge on any atom is 0.441 e. The molecule has 9 heteroatoms. The number of oxime groups is 1. The van der Waals surface area contributed by atoms with Crippen molar-refractivity contribution in [1.82, 2.24) is 5.32 Å². The Bertz CT molecular complexity index is 244. The Kier molecular flexibility index (Phi) is 5.90. The first-order valence-electron chi connectivity index (χ1n) is 3.79. The predicted octanol–water partition coefficient (Wildman–Crippen LogP) is 0.492. The highest BCUT2D eigenvalue weighted by Crippen LogP contribution is 2.29. The number of nitrogens with zero attached hydrogens (tertiary/aromatic N) is 1. The molecule has 0 saturated carbocycles. The lowest BCUT2D eigenvalue weighted by Gasteiger charge is -2.06. The summed E-state index contributed by atoms with van der Waals surface area (Å²) in [7, 11) is 0. The molecule has 0 aliphatic rings. The van der Waals surface area contributed by atoms with Crippen LogP contribution in [0.2, 0.25) is 0 Å². The zero-order valence-corrected chi connectivity index (χ0v) is 8.36. The number of halogens is 3. The van der Waals surface area contributed by atoms with Crippen LogP contribution in [0, 0.1) is 0 Å². The van der Waals surface area contributed by atoms with Gasteiger partial charge in [-0.1, -0.05) is 5.16 Å². The zero-order valence-electron chi connectivity index (χ0n) is 7.54. The summed E-state index contributed by atoms with van der Waals surface area (Å²) in [6.07, 6.45) is -0.340. The summed E-state index contributed by atoms with van der Waals surface area (Å²) in [5.74, 6) is -1.16. The monoisotopic (exact) mass is 245 g/mol. The van der Waals surface area contributed by atoms with E-state index in [9.17, 15) is 18.0 Å². The fourth-order valence-corrected chi connectivity index (χ4v) is 1.06. The Labute approximate surface area is 87.9 Å². The van der Waals surface area contributed by atoms with Crippen LogP contribution in [0.25, 0.3) is 0 Å². The van der Waals surface area contributed by atoms with Gasteiger partial charge in [-0.3, -0.25) is 4.79 Å². The van der Waals surface area contributed by atoms with E-state index < -0.39 is 11.4 Å². The standard InChI is InChI=1S/C6H10F3N3O2S/c7-6(8,9)15-2-1-11-5(13)3-4(10)12-14/h14H,1-3H2,(H2,10,12)(H,11,13). The lowest BCUT2D eigenvalue weighted by molar-refractivity contribution is -0.119. The highest BCUT2D eigenvalue weighted by atomic mass is 32.2. The average molecular weight is 245 g/mol. The lowest BCUT2D eigenvalue weighted by atomic mass is 10.4. The van der Waals surface area contributed by atoms with Crippen molar-refractivity contribution < 1.29 is 23.2 Å². The van der Waals surface area contributed by atoms with Crippen molar-refractivity contribution in [2.24, 2.45) is 10.9 Å². The number of alkyl halides is 3. The third-order valence-electron chi connectivity index (χ3n) is 1.16. The lowest BCUT2D eigenvalue weighted by Crippen LogP contribution is -2.30. The molecule has 0 aliphatic carbocycles. The molecule has 0 fully saturated rings. The molecule has 0 atom stereocenters. The number of nitrogens with one attached hydrogen (secondary N) is 1. The molecule has 15 heavy (non-hydrogen) atoms. The molecular weight excluding hydrogens is 235 g/mol. The minimum absolute atomic E-state index is 0.123. The van der Waals surface area contributed by atoms with Gasteiger partial charge in [0.15, 0.2) is 0 Å². The number of thioether (sulfide) groups is 1. The second-order valence-corrected chi connectivity index (χ2v) is 3.57. The van der Waals surface area contributed by atoms with Crippen LogP contribution in [0.15, 0.2) is 5.16 Å². The average Bonchev–Trinajstić information content (AvgIpc) is 2.11. The molecule has 0 unspecified atom stereocenters. The Morgan fingerprint density at radius 2 is 2.13 bits per heavy atom. The highest BCUT2D eigenvalue weighted by Gasteiger charge is 2.27. The van der Waals surface area contributed by atoms with E-state index in [4.69, 9.17) is 10.9 Å². The molecule has 1 amide bonds. The third kappa shape index (κ3) is 9.19. The van der Waals surface area contributed by atoms with Gasteiger partial charge in [-0.05, 0) is 11.8 Å². The third-order valence-corrected chi connectivity index (χ3v) is 1.90.